The zero-order chi connectivity index (χ0) is 16.4. The van der Waals surface area contributed by atoms with Crippen molar-refractivity contribution >= 4 is 0 Å². The fourth-order valence-corrected chi connectivity index (χ4v) is 3.22. The van der Waals surface area contributed by atoms with Gasteiger partial charge in [-0.1, -0.05) is 58.3 Å². The Kier molecular flexibility index (Phi) is 8.82. The number of aryl methyl sites for hydroxylation is 1. The first-order chi connectivity index (χ1) is 10.5. The molecular formula is C20H39N2+. The van der Waals surface area contributed by atoms with Gasteiger partial charge in [-0.15, -0.1) is 0 Å². The van der Waals surface area contributed by atoms with Crippen molar-refractivity contribution in [1.29, 1.82) is 0 Å². The van der Waals surface area contributed by atoms with Crippen LogP contribution in [0.4, 0.5) is 0 Å². The number of hydrogen-bond donors (Lipinski definition) is 0. The van der Waals surface area contributed by atoms with Gasteiger partial charge in [0.05, 0.1) is 6.54 Å². The number of imidazole rings is 1. The van der Waals surface area contributed by atoms with Crippen molar-refractivity contribution in [3.05, 3.63) is 18.2 Å². The second kappa shape index (κ2) is 10.1. The van der Waals surface area contributed by atoms with Gasteiger partial charge in [0.15, 0.2) is 0 Å². The highest BCUT2D eigenvalue weighted by molar-refractivity contribution is 4.87. The van der Waals surface area contributed by atoms with E-state index in [1.807, 2.05) is 0 Å². The molecule has 0 saturated carbocycles. The van der Waals surface area contributed by atoms with Crippen molar-refractivity contribution in [3.8, 4) is 0 Å². The maximum absolute atomic E-state index is 2.41. The van der Waals surface area contributed by atoms with Gasteiger partial charge >= 0.3 is 0 Å². The van der Waals surface area contributed by atoms with Crippen LogP contribution in [-0.2, 0) is 12.1 Å². The highest BCUT2D eigenvalue weighted by atomic mass is 15.2. The lowest BCUT2D eigenvalue weighted by molar-refractivity contribution is -0.703. The molecule has 0 radical (unpaired) electrons. The van der Waals surface area contributed by atoms with Crippen LogP contribution in [0.5, 0.6) is 0 Å². The molecule has 0 amide bonds. The molecule has 0 atom stereocenters. The molecule has 0 N–H and O–H groups in total. The average molecular weight is 308 g/mol. The van der Waals surface area contributed by atoms with Gasteiger partial charge in [-0.25, -0.2) is 9.13 Å². The van der Waals surface area contributed by atoms with E-state index >= 15 is 0 Å². The maximum atomic E-state index is 2.41. The smallest absolute Gasteiger partial charge is 0.234 e. The number of rotatable bonds is 11. The molecule has 0 aromatic carbocycles. The van der Waals surface area contributed by atoms with Crippen LogP contribution in [0.3, 0.4) is 0 Å². The Bertz CT molecular complexity index is 398. The number of unbranched alkanes of at least 4 members (excludes halogenated alkanes) is 9. The maximum Gasteiger partial charge on any atom is 0.253 e. The molecule has 0 spiro atoms. The Hall–Kier alpha value is -0.790. The minimum atomic E-state index is 0.188. The van der Waals surface area contributed by atoms with Crippen LogP contribution in [0.25, 0.3) is 0 Å². The molecule has 2 heteroatoms. The van der Waals surface area contributed by atoms with E-state index in [4.69, 9.17) is 0 Å². The van der Waals surface area contributed by atoms with E-state index in [0.717, 1.165) is 0 Å². The molecule has 0 unspecified atom stereocenters. The van der Waals surface area contributed by atoms with E-state index < -0.39 is 0 Å². The second-order valence-corrected chi connectivity index (χ2v) is 7.76. The summed E-state index contributed by atoms with van der Waals surface area (Å²) in [6.07, 6.45) is 18.6. The third-order valence-corrected chi connectivity index (χ3v) is 4.64. The zero-order valence-corrected chi connectivity index (χ0v) is 15.8. The first-order valence-corrected chi connectivity index (χ1v) is 9.54. The second-order valence-electron chi connectivity index (χ2n) is 7.76. The summed E-state index contributed by atoms with van der Waals surface area (Å²) in [6, 6.07) is 0. The fourth-order valence-electron chi connectivity index (χ4n) is 3.22. The standard InChI is InChI=1S/C20H39N2/c1-6-7-8-9-10-11-12-13-14-15-16-21-17-18-22(19(21)2)20(3,4)5/h17-18H,6-16H2,1-5H3/q+1. The average Bonchev–Trinajstić information content (AvgIpc) is 2.82. The molecule has 1 heterocycles. The van der Waals surface area contributed by atoms with Gasteiger partial charge in [0.1, 0.15) is 17.9 Å². The summed E-state index contributed by atoms with van der Waals surface area (Å²) in [6.45, 7) is 12.5. The minimum Gasteiger partial charge on any atom is -0.234 e. The SMILES string of the molecule is CCCCCCCCCCCC[n+]1ccn(C(C)(C)C)c1C. The molecule has 0 aliphatic heterocycles. The predicted molar refractivity (Wildman–Crippen MR) is 96.2 cm³/mol. The van der Waals surface area contributed by atoms with Crippen molar-refractivity contribution in [2.75, 3.05) is 0 Å². The highest BCUT2D eigenvalue weighted by Crippen LogP contribution is 2.15. The summed E-state index contributed by atoms with van der Waals surface area (Å²) in [4.78, 5) is 0. The Morgan fingerprint density at radius 3 is 1.82 bits per heavy atom. The van der Waals surface area contributed by atoms with Crippen LogP contribution in [0.2, 0.25) is 0 Å². The van der Waals surface area contributed by atoms with Crippen LogP contribution in [0.1, 0.15) is 97.7 Å². The minimum absolute atomic E-state index is 0.188. The van der Waals surface area contributed by atoms with Gasteiger partial charge in [-0.05, 0) is 33.6 Å². The van der Waals surface area contributed by atoms with Gasteiger partial charge in [0.25, 0.3) is 5.82 Å². The highest BCUT2D eigenvalue weighted by Gasteiger charge is 2.23. The predicted octanol–water partition coefficient (Wildman–Crippen LogP) is 5.76. The van der Waals surface area contributed by atoms with Crippen LogP contribution >= 0.6 is 0 Å². The van der Waals surface area contributed by atoms with Crippen molar-refractivity contribution in [3.63, 3.8) is 0 Å². The summed E-state index contributed by atoms with van der Waals surface area (Å²) >= 11 is 0. The third-order valence-electron chi connectivity index (χ3n) is 4.64. The lowest BCUT2D eigenvalue weighted by atomic mass is 10.1. The quantitative estimate of drug-likeness (QED) is 0.363. The zero-order valence-electron chi connectivity index (χ0n) is 15.8. The van der Waals surface area contributed by atoms with Crippen molar-refractivity contribution in [1.82, 2.24) is 4.57 Å². The van der Waals surface area contributed by atoms with Crippen molar-refractivity contribution in [2.24, 2.45) is 0 Å². The summed E-state index contributed by atoms with van der Waals surface area (Å²) < 4.78 is 4.79. The van der Waals surface area contributed by atoms with Crippen molar-refractivity contribution in [2.45, 2.75) is 111 Å². The summed E-state index contributed by atoms with van der Waals surface area (Å²) in [5.74, 6) is 1.38. The van der Waals surface area contributed by atoms with Gasteiger partial charge in [-0.3, -0.25) is 0 Å². The van der Waals surface area contributed by atoms with Gasteiger partial charge in [0.2, 0.25) is 0 Å². The Morgan fingerprint density at radius 1 is 0.864 bits per heavy atom. The fraction of sp³-hybridized carbons (Fsp3) is 0.850. The lowest BCUT2D eigenvalue weighted by Gasteiger charge is -2.16. The molecule has 128 valence electrons. The number of aromatic nitrogens is 2. The van der Waals surface area contributed by atoms with E-state index in [1.165, 1.54) is 76.6 Å². The van der Waals surface area contributed by atoms with Crippen LogP contribution < -0.4 is 4.57 Å². The largest absolute Gasteiger partial charge is 0.253 e. The molecule has 0 aliphatic carbocycles. The molecule has 2 nitrogen and oxygen atoms in total. The number of hydrogen-bond acceptors (Lipinski definition) is 0. The van der Waals surface area contributed by atoms with E-state index in [9.17, 15) is 0 Å². The van der Waals surface area contributed by atoms with Gasteiger partial charge in [-0.2, -0.15) is 0 Å². The molecule has 1 aromatic heterocycles. The Labute approximate surface area is 138 Å². The van der Waals surface area contributed by atoms with E-state index in [1.54, 1.807) is 0 Å². The first-order valence-electron chi connectivity index (χ1n) is 9.54. The van der Waals surface area contributed by atoms with Gasteiger partial charge < -0.3 is 0 Å². The molecule has 0 bridgehead atoms. The molecule has 1 aromatic rings. The van der Waals surface area contributed by atoms with Crippen LogP contribution in [-0.4, -0.2) is 4.57 Å². The molecule has 0 aliphatic rings. The lowest BCUT2D eigenvalue weighted by Crippen LogP contribution is -2.37. The Morgan fingerprint density at radius 2 is 1.36 bits per heavy atom. The first kappa shape index (κ1) is 19.3. The normalized spacial score (nSPS) is 12.0. The van der Waals surface area contributed by atoms with E-state index in [0.29, 0.717) is 0 Å². The number of nitrogens with zero attached hydrogens (tertiary/aromatic N) is 2. The van der Waals surface area contributed by atoms with Crippen molar-refractivity contribution < 1.29 is 4.57 Å². The van der Waals surface area contributed by atoms with Gasteiger partial charge in [0, 0.05) is 6.92 Å². The summed E-state index contributed by atoms with van der Waals surface area (Å²) in [5, 5.41) is 0. The molecule has 0 saturated heterocycles. The molecule has 1 rings (SSSR count). The van der Waals surface area contributed by atoms with E-state index in [-0.39, 0.29) is 5.54 Å². The van der Waals surface area contributed by atoms with E-state index in [2.05, 4.69) is 56.1 Å². The monoisotopic (exact) mass is 307 g/mol. The Balaban J connectivity index is 2.09. The molecular weight excluding hydrogens is 268 g/mol. The van der Waals surface area contributed by atoms with Crippen LogP contribution in [0.15, 0.2) is 12.4 Å². The summed E-state index contributed by atoms with van der Waals surface area (Å²) in [7, 11) is 0. The van der Waals surface area contributed by atoms with Crippen LogP contribution in [0, 0.1) is 6.92 Å². The third kappa shape index (κ3) is 6.98. The molecule has 0 fully saturated rings. The topological polar surface area (TPSA) is 8.81 Å². The summed E-state index contributed by atoms with van der Waals surface area (Å²) in [5.41, 5.74) is 0.188. The molecule has 22 heavy (non-hydrogen) atoms.